The second-order valence-electron chi connectivity index (χ2n) is 12.4. The first kappa shape index (κ1) is 25.2. The average molecular weight is 567 g/mol. The van der Waals surface area contributed by atoms with Crippen LogP contribution in [0.15, 0.2) is 115 Å². The molecule has 210 valence electrons. The molecule has 0 atom stereocenters. The summed E-state index contributed by atoms with van der Waals surface area (Å²) in [4.78, 5) is 17.8. The SMILES string of the molecule is CC1(C)c2ccccc2N(c2nc(-c3ccccc3)nc(-c3ccccc3)n2)c2c1cc1c3c4c(ccc23)C=CCC4=CC1. The van der Waals surface area contributed by atoms with Gasteiger partial charge < -0.3 is 0 Å². The third kappa shape index (κ3) is 3.61. The molecule has 4 heteroatoms. The Balaban J connectivity index is 1.39. The van der Waals surface area contributed by atoms with Gasteiger partial charge in [-0.15, -0.1) is 0 Å². The van der Waals surface area contributed by atoms with E-state index in [4.69, 9.17) is 15.0 Å². The Kier molecular flexibility index (Phi) is 5.33. The minimum absolute atomic E-state index is 0.218. The highest BCUT2D eigenvalue weighted by molar-refractivity contribution is 6.11. The molecular formula is C40H30N4. The Bertz CT molecular complexity index is 2140. The molecule has 1 aromatic heterocycles. The lowest BCUT2D eigenvalue weighted by molar-refractivity contribution is 0.631. The molecule has 1 aliphatic heterocycles. The minimum Gasteiger partial charge on any atom is -0.278 e. The fourth-order valence-corrected chi connectivity index (χ4v) is 7.37. The molecule has 0 radical (unpaired) electrons. The predicted molar refractivity (Wildman–Crippen MR) is 180 cm³/mol. The Morgan fingerprint density at radius 2 is 1.36 bits per heavy atom. The van der Waals surface area contributed by atoms with E-state index in [1.54, 1.807) is 0 Å². The first-order chi connectivity index (χ1) is 21.6. The molecule has 0 bridgehead atoms. The zero-order valence-electron chi connectivity index (χ0n) is 24.8. The lowest BCUT2D eigenvalue weighted by Crippen LogP contribution is -2.32. The van der Waals surface area contributed by atoms with E-state index >= 15 is 0 Å². The third-order valence-corrected chi connectivity index (χ3v) is 9.51. The lowest BCUT2D eigenvalue weighted by Gasteiger charge is -2.42. The average Bonchev–Trinajstić information content (AvgIpc) is 3.08. The first-order valence-corrected chi connectivity index (χ1v) is 15.3. The van der Waals surface area contributed by atoms with Crippen molar-refractivity contribution in [2.24, 2.45) is 0 Å². The van der Waals surface area contributed by atoms with E-state index in [9.17, 15) is 0 Å². The molecule has 6 aromatic rings. The summed E-state index contributed by atoms with van der Waals surface area (Å²) in [5, 5.41) is 2.62. The van der Waals surface area contributed by atoms with E-state index in [1.807, 2.05) is 36.4 Å². The highest BCUT2D eigenvalue weighted by Crippen LogP contribution is 2.56. The second-order valence-corrected chi connectivity index (χ2v) is 12.4. The number of para-hydroxylation sites is 1. The van der Waals surface area contributed by atoms with Gasteiger partial charge in [0.05, 0.1) is 11.4 Å². The monoisotopic (exact) mass is 566 g/mol. The number of rotatable bonds is 3. The molecular weight excluding hydrogens is 536 g/mol. The summed E-state index contributed by atoms with van der Waals surface area (Å²) >= 11 is 0. The largest absolute Gasteiger partial charge is 0.278 e. The Morgan fingerprint density at radius 3 is 2.09 bits per heavy atom. The van der Waals surface area contributed by atoms with Crippen molar-refractivity contribution in [1.82, 2.24) is 15.0 Å². The summed E-state index contributed by atoms with van der Waals surface area (Å²) < 4.78 is 0. The van der Waals surface area contributed by atoms with Gasteiger partial charge in [-0.1, -0.05) is 129 Å². The summed E-state index contributed by atoms with van der Waals surface area (Å²) in [5.41, 5.74) is 12.0. The number of nitrogens with zero attached hydrogens (tertiary/aromatic N) is 4. The Hall–Kier alpha value is -5.35. The predicted octanol–water partition coefficient (Wildman–Crippen LogP) is 9.82. The van der Waals surface area contributed by atoms with Crippen molar-refractivity contribution >= 4 is 39.7 Å². The molecule has 44 heavy (non-hydrogen) atoms. The van der Waals surface area contributed by atoms with Crippen LogP contribution in [0.5, 0.6) is 0 Å². The number of allylic oxidation sites excluding steroid dienone is 3. The van der Waals surface area contributed by atoms with E-state index in [1.165, 1.54) is 44.2 Å². The molecule has 5 aromatic carbocycles. The molecule has 4 nitrogen and oxygen atoms in total. The van der Waals surface area contributed by atoms with Gasteiger partial charge in [0, 0.05) is 21.9 Å². The zero-order valence-corrected chi connectivity index (χ0v) is 24.8. The van der Waals surface area contributed by atoms with Crippen LogP contribution in [0.2, 0.25) is 0 Å². The zero-order chi connectivity index (χ0) is 29.4. The molecule has 0 fully saturated rings. The number of hydrogen-bond donors (Lipinski definition) is 0. The van der Waals surface area contributed by atoms with Crippen molar-refractivity contribution in [3.8, 4) is 22.8 Å². The molecule has 0 amide bonds. The van der Waals surface area contributed by atoms with Gasteiger partial charge in [-0.25, -0.2) is 4.98 Å². The molecule has 0 saturated heterocycles. The van der Waals surface area contributed by atoms with Crippen LogP contribution in [-0.2, 0) is 11.8 Å². The number of benzene rings is 5. The van der Waals surface area contributed by atoms with Gasteiger partial charge in [0.1, 0.15) is 0 Å². The topological polar surface area (TPSA) is 41.9 Å². The van der Waals surface area contributed by atoms with Gasteiger partial charge in [0.2, 0.25) is 5.95 Å². The molecule has 0 saturated carbocycles. The molecule has 0 spiro atoms. The van der Waals surface area contributed by atoms with Crippen LogP contribution in [0.1, 0.15) is 48.1 Å². The number of fused-ring (bicyclic) bond motifs is 3. The van der Waals surface area contributed by atoms with E-state index < -0.39 is 0 Å². The quantitative estimate of drug-likeness (QED) is 0.214. The van der Waals surface area contributed by atoms with Crippen molar-refractivity contribution in [3.63, 3.8) is 0 Å². The summed E-state index contributed by atoms with van der Waals surface area (Å²) in [6.07, 6.45) is 8.93. The van der Waals surface area contributed by atoms with Crippen LogP contribution < -0.4 is 4.90 Å². The first-order valence-electron chi connectivity index (χ1n) is 15.3. The third-order valence-electron chi connectivity index (χ3n) is 9.51. The molecule has 2 heterocycles. The standard InChI is InChI=1S/C40H30N4/c1-40(2)31-18-9-10-19-33(31)44(36-30-23-22-26-17-11-16-25-20-21-29(24-32(36)40)35(30)34(25)26)39-42-37(27-12-5-3-6-13-27)41-38(43-39)28-14-7-4-8-15-28/h3-15,17-20,22-24H,16,21H2,1-2H3. The van der Waals surface area contributed by atoms with Gasteiger partial charge >= 0.3 is 0 Å². The van der Waals surface area contributed by atoms with Gasteiger partial charge in [-0.05, 0) is 57.7 Å². The molecule has 0 N–H and O–H groups in total. The Labute approximate surface area is 257 Å². The van der Waals surface area contributed by atoms with Crippen LogP contribution >= 0.6 is 0 Å². The van der Waals surface area contributed by atoms with E-state index in [0.717, 1.165) is 35.3 Å². The highest BCUT2D eigenvalue weighted by Gasteiger charge is 2.40. The molecule has 9 rings (SSSR count). The van der Waals surface area contributed by atoms with Crippen LogP contribution in [0.3, 0.4) is 0 Å². The number of anilines is 3. The van der Waals surface area contributed by atoms with Crippen molar-refractivity contribution in [1.29, 1.82) is 0 Å². The van der Waals surface area contributed by atoms with Crippen molar-refractivity contribution in [3.05, 3.63) is 143 Å². The fraction of sp³-hybridized carbons (Fsp3) is 0.125. The van der Waals surface area contributed by atoms with Crippen molar-refractivity contribution in [2.45, 2.75) is 32.1 Å². The van der Waals surface area contributed by atoms with Crippen molar-refractivity contribution in [2.75, 3.05) is 4.90 Å². The maximum absolute atomic E-state index is 5.23. The summed E-state index contributed by atoms with van der Waals surface area (Å²) in [6, 6.07) is 36.3. The Morgan fingerprint density at radius 1 is 0.682 bits per heavy atom. The number of hydrogen-bond acceptors (Lipinski definition) is 4. The van der Waals surface area contributed by atoms with E-state index in [-0.39, 0.29) is 5.41 Å². The van der Waals surface area contributed by atoms with Crippen LogP contribution in [0.4, 0.5) is 17.3 Å². The molecule has 2 aliphatic carbocycles. The minimum atomic E-state index is -0.218. The molecule has 0 unspecified atom stereocenters. The van der Waals surface area contributed by atoms with Crippen LogP contribution in [0, 0.1) is 0 Å². The normalized spacial score (nSPS) is 15.5. The maximum Gasteiger partial charge on any atom is 0.238 e. The fourth-order valence-electron chi connectivity index (χ4n) is 7.37. The van der Waals surface area contributed by atoms with E-state index in [0.29, 0.717) is 17.6 Å². The summed E-state index contributed by atoms with van der Waals surface area (Å²) in [7, 11) is 0. The van der Waals surface area contributed by atoms with Gasteiger partial charge in [-0.2, -0.15) is 9.97 Å². The smallest absolute Gasteiger partial charge is 0.238 e. The van der Waals surface area contributed by atoms with Gasteiger partial charge in [0.15, 0.2) is 11.6 Å². The van der Waals surface area contributed by atoms with Gasteiger partial charge in [0.25, 0.3) is 0 Å². The van der Waals surface area contributed by atoms with E-state index in [2.05, 4.69) is 104 Å². The van der Waals surface area contributed by atoms with Gasteiger partial charge in [-0.3, -0.25) is 4.90 Å². The molecule has 3 aliphatic rings. The second kappa shape index (κ2) is 9.32. The summed E-state index contributed by atoms with van der Waals surface area (Å²) in [5.74, 6) is 1.95. The maximum atomic E-state index is 5.23. The van der Waals surface area contributed by atoms with Crippen LogP contribution in [0.25, 0.3) is 45.2 Å². The lowest BCUT2D eigenvalue weighted by atomic mass is 9.70. The highest BCUT2D eigenvalue weighted by atomic mass is 15.3. The summed E-state index contributed by atoms with van der Waals surface area (Å²) in [6.45, 7) is 4.70. The van der Waals surface area contributed by atoms with Crippen LogP contribution in [-0.4, -0.2) is 15.0 Å². The number of aromatic nitrogens is 3. The van der Waals surface area contributed by atoms with Crippen molar-refractivity contribution < 1.29 is 0 Å².